The Balaban J connectivity index is 3.58. The zero-order valence-electron chi connectivity index (χ0n) is 8.72. The summed E-state index contributed by atoms with van der Waals surface area (Å²) < 4.78 is 0. The summed E-state index contributed by atoms with van der Waals surface area (Å²) in [6.45, 7) is 11.5. The molecule has 1 radical (unpaired) electrons. The van der Waals surface area contributed by atoms with Crippen molar-refractivity contribution in [3.8, 4) is 0 Å². The Morgan fingerprint density at radius 3 is 2.00 bits per heavy atom. The first kappa shape index (κ1) is 11.1. The van der Waals surface area contributed by atoms with Crippen molar-refractivity contribution in [3.05, 3.63) is 0 Å². The molecule has 0 bridgehead atoms. The van der Waals surface area contributed by atoms with Crippen LogP contribution in [0.2, 0.25) is 12.6 Å². The van der Waals surface area contributed by atoms with Gasteiger partial charge in [0.25, 0.3) is 0 Å². The molecule has 0 amide bonds. The predicted molar refractivity (Wildman–Crippen MR) is 54.3 cm³/mol. The molecule has 0 aliphatic rings. The molecule has 0 fully saturated rings. The van der Waals surface area contributed by atoms with E-state index >= 15 is 0 Å². The Kier molecular flexibility index (Phi) is 5.72. The van der Waals surface area contributed by atoms with Gasteiger partial charge in [0.1, 0.15) is 7.28 Å². The average molecular weight is 153 g/mol. The van der Waals surface area contributed by atoms with Crippen LogP contribution >= 0.6 is 0 Å². The largest absolute Gasteiger partial charge is 0.109 e. The normalized spacial score (nSPS) is 19.0. The first-order chi connectivity index (χ1) is 5.11. The standard InChI is InChI=1S/C10H22B/c1-6-8(2)9(3)7-10(4)11-5/h8-10H,6-7H2,1-5H3. The van der Waals surface area contributed by atoms with E-state index in [0.29, 0.717) is 0 Å². The molecule has 1 heteroatoms. The molecule has 0 nitrogen and oxygen atoms in total. The van der Waals surface area contributed by atoms with E-state index in [4.69, 9.17) is 0 Å². The minimum Gasteiger partial charge on any atom is -0.0917 e. The van der Waals surface area contributed by atoms with Gasteiger partial charge < -0.3 is 0 Å². The highest BCUT2D eigenvalue weighted by atomic mass is 14.2. The SMILES string of the molecule is C[B]C(C)CC(C)C(C)CC. The van der Waals surface area contributed by atoms with Gasteiger partial charge in [0.15, 0.2) is 0 Å². The summed E-state index contributed by atoms with van der Waals surface area (Å²) >= 11 is 0. The molecule has 0 aliphatic carbocycles. The lowest BCUT2D eigenvalue weighted by Gasteiger charge is -2.21. The summed E-state index contributed by atoms with van der Waals surface area (Å²) in [5.74, 6) is 2.56. The lowest BCUT2D eigenvalue weighted by molar-refractivity contribution is 0.352. The highest BCUT2D eigenvalue weighted by molar-refractivity contribution is 6.35. The van der Waals surface area contributed by atoms with Crippen LogP contribution in [-0.2, 0) is 0 Å². The number of rotatable bonds is 5. The average Bonchev–Trinajstić information content (AvgIpc) is 2.02. The summed E-state index contributed by atoms with van der Waals surface area (Å²) in [6, 6.07) is 0. The van der Waals surface area contributed by atoms with E-state index in [-0.39, 0.29) is 0 Å². The topological polar surface area (TPSA) is 0 Å². The molecule has 0 N–H and O–H groups in total. The van der Waals surface area contributed by atoms with Gasteiger partial charge in [0, 0.05) is 0 Å². The molecule has 3 atom stereocenters. The second-order valence-electron chi connectivity index (χ2n) is 3.91. The first-order valence-electron chi connectivity index (χ1n) is 4.91. The Morgan fingerprint density at radius 1 is 1.09 bits per heavy atom. The van der Waals surface area contributed by atoms with Crippen LogP contribution in [0.25, 0.3) is 0 Å². The van der Waals surface area contributed by atoms with Gasteiger partial charge in [-0.3, -0.25) is 0 Å². The maximum atomic E-state index is 2.37. The lowest BCUT2D eigenvalue weighted by atomic mass is 9.64. The van der Waals surface area contributed by atoms with Crippen molar-refractivity contribution in [2.45, 2.75) is 53.2 Å². The monoisotopic (exact) mass is 153 g/mol. The highest BCUT2D eigenvalue weighted by Gasteiger charge is 2.12. The predicted octanol–water partition coefficient (Wildman–Crippen LogP) is 3.62. The fourth-order valence-corrected chi connectivity index (χ4v) is 1.36. The summed E-state index contributed by atoms with van der Waals surface area (Å²) in [5.41, 5.74) is 0. The van der Waals surface area contributed by atoms with Gasteiger partial charge in [-0.15, -0.1) is 0 Å². The van der Waals surface area contributed by atoms with Crippen molar-refractivity contribution in [3.63, 3.8) is 0 Å². The van der Waals surface area contributed by atoms with Crippen LogP contribution in [-0.4, -0.2) is 7.28 Å². The maximum absolute atomic E-state index is 2.37. The Bertz CT molecular complexity index is 90.9. The molecule has 0 aromatic carbocycles. The molecule has 0 aliphatic heterocycles. The lowest BCUT2D eigenvalue weighted by Crippen LogP contribution is -2.10. The second kappa shape index (κ2) is 5.68. The van der Waals surface area contributed by atoms with Crippen LogP contribution in [0, 0.1) is 11.8 Å². The molecule has 0 heterocycles. The van der Waals surface area contributed by atoms with Crippen LogP contribution in [0.15, 0.2) is 0 Å². The summed E-state index contributed by atoms with van der Waals surface area (Å²) in [4.78, 5) is 0. The first-order valence-corrected chi connectivity index (χ1v) is 4.91. The third kappa shape index (κ3) is 4.50. The van der Waals surface area contributed by atoms with Crippen LogP contribution in [0.1, 0.15) is 40.5 Å². The van der Waals surface area contributed by atoms with Gasteiger partial charge in [-0.25, -0.2) is 0 Å². The zero-order valence-corrected chi connectivity index (χ0v) is 8.72. The molecule has 0 saturated heterocycles. The minimum absolute atomic E-state index is 0.791. The molecule has 0 saturated carbocycles. The van der Waals surface area contributed by atoms with Crippen LogP contribution < -0.4 is 0 Å². The smallest absolute Gasteiger partial charge is 0.0917 e. The van der Waals surface area contributed by atoms with Gasteiger partial charge >= 0.3 is 0 Å². The van der Waals surface area contributed by atoms with E-state index < -0.39 is 0 Å². The molecular weight excluding hydrogens is 131 g/mol. The van der Waals surface area contributed by atoms with Crippen molar-refractivity contribution in [2.24, 2.45) is 11.8 Å². The minimum atomic E-state index is 0.791. The molecule has 0 aromatic rings. The van der Waals surface area contributed by atoms with E-state index in [1.54, 1.807) is 0 Å². The van der Waals surface area contributed by atoms with Gasteiger partial charge in [-0.1, -0.05) is 53.2 Å². The van der Waals surface area contributed by atoms with E-state index in [1.807, 2.05) is 0 Å². The van der Waals surface area contributed by atoms with Gasteiger partial charge in [-0.2, -0.15) is 0 Å². The van der Waals surface area contributed by atoms with Crippen LogP contribution in [0.3, 0.4) is 0 Å². The Hall–Kier alpha value is 0.0649. The third-order valence-corrected chi connectivity index (χ3v) is 2.93. The number of hydrogen-bond donors (Lipinski definition) is 0. The van der Waals surface area contributed by atoms with Crippen LogP contribution in [0.4, 0.5) is 0 Å². The fraction of sp³-hybridized carbons (Fsp3) is 1.00. The van der Waals surface area contributed by atoms with Gasteiger partial charge in [-0.05, 0) is 11.8 Å². The number of hydrogen-bond acceptors (Lipinski definition) is 0. The van der Waals surface area contributed by atoms with Crippen molar-refractivity contribution < 1.29 is 0 Å². The Morgan fingerprint density at radius 2 is 1.64 bits per heavy atom. The van der Waals surface area contributed by atoms with E-state index in [2.05, 4.69) is 41.8 Å². The van der Waals surface area contributed by atoms with Crippen LogP contribution in [0.5, 0.6) is 0 Å². The molecular formula is C10H22B. The summed E-state index contributed by atoms with van der Waals surface area (Å²) in [6.07, 6.45) is 2.67. The van der Waals surface area contributed by atoms with Gasteiger partial charge in [0.05, 0.1) is 0 Å². The summed E-state index contributed by atoms with van der Waals surface area (Å²) in [5, 5.41) is 0. The summed E-state index contributed by atoms with van der Waals surface area (Å²) in [7, 11) is 2.30. The zero-order chi connectivity index (χ0) is 8.85. The van der Waals surface area contributed by atoms with Crippen molar-refractivity contribution >= 4 is 7.28 Å². The second-order valence-corrected chi connectivity index (χ2v) is 3.91. The molecule has 0 aromatic heterocycles. The maximum Gasteiger partial charge on any atom is 0.109 e. The molecule has 0 rings (SSSR count). The molecule has 3 unspecified atom stereocenters. The van der Waals surface area contributed by atoms with E-state index in [0.717, 1.165) is 17.7 Å². The Labute approximate surface area is 73.0 Å². The van der Waals surface area contributed by atoms with Crippen molar-refractivity contribution in [2.75, 3.05) is 0 Å². The fourth-order valence-electron chi connectivity index (χ4n) is 1.36. The van der Waals surface area contributed by atoms with Crippen molar-refractivity contribution in [1.29, 1.82) is 0 Å². The third-order valence-electron chi connectivity index (χ3n) is 2.93. The molecule has 0 spiro atoms. The van der Waals surface area contributed by atoms with E-state index in [9.17, 15) is 0 Å². The van der Waals surface area contributed by atoms with E-state index in [1.165, 1.54) is 12.8 Å². The molecule has 11 heavy (non-hydrogen) atoms. The van der Waals surface area contributed by atoms with Crippen molar-refractivity contribution in [1.82, 2.24) is 0 Å². The quantitative estimate of drug-likeness (QED) is 0.529. The van der Waals surface area contributed by atoms with Gasteiger partial charge in [0.2, 0.25) is 0 Å². The molecule has 65 valence electrons. The highest BCUT2D eigenvalue weighted by Crippen LogP contribution is 2.24.